The Morgan fingerprint density at radius 1 is 0.774 bits per heavy atom. The third-order valence-electron chi connectivity index (χ3n) is 4.25. The van der Waals surface area contributed by atoms with E-state index in [4.69, 9.17) is 4.74 Å². The molecule has 0 saturated carbocycles. The Hall–Kier alpha value is -4.20. The smallest absolute Gasteiger partial charge is 0.279 e. The predicted molar refractivity (Wildman–Crippen MR) is 113 cm³/mol. The number of amides is 3. The quantitative estimate of drug-likeness (QED) is 0.532. The monoisotopic (exact) mass is 421 g/mol. The molecule has 8 heteroatoms. The van der Waals surface area contributed by atoms with Gasteiger partial charge in [-0.25, -0.2) is 4.39 Å². The number of hydrogen-bond donors (Lipinski definition) is 3. The number of carbonyl (C=O) groups is 3. The minimum absolute atomic E-state index is 0.0652. The molecule has 3 amide bonds. The maximum atomic E-state index is 13.6. The average molecular weight is 421 g/mol. The Kier molecular flexibility index (Phi) is 6.95. The van der Waals surface area contributed by atoms with Gasteiger partial charge in [-0.2, -0.15) is 0 Å². The summed E-state index contributed by atoms with van der Waals surface area (Å²) >= 11 is 0. The molecule has 3 aromatic carbocycles. The maximum absolute atomic E-state index is 13.6. The normalized spacial score (nSPS) is 11.2. The van der Waals surface area contributed by atoms with Gasteiger partial charge in [-0.05, 0) is 55.5 Å². The van der Waals surface area contributed by atoms with Crippen LogP contribution in [0.15, 0.2) is 78.9 Å². The van der Waals surface area contributed by atoms with Gasteiger partial charge < -0.3 is 10.1 Å². The van der Waals surface area contributed by atoms with Crippen LogP contribution in [-0.2, 0) is 4.79 Å². The summed E-state index contributed by atoms with van der Waals surface area (Å²) in [5, 5.41) is 2.73. The molecule has 0 saturated heterocycles. The Morgan fingerprint density at radius 3 is 2.06 bits per heavy atom. The van der Waals surface area contributed by atoms with Gasteiger partial charge in [0.2, 0.25) is 0 Å². The molecule has 0 spiro atoms. The van der Waals surface area contributed by atoms with E-state index in [-0.39, 0.29) is 17.2 Å². The number of ether oxygens (including phenoxy) is 1. The molecular formula is C23H20FN3O4. The highest BCUT2D eigenvalue weighted by Crippen LogP contribution is 2.17. The maximum Gasteiger partial charge on any atom is 0.279 e. The molecule has 158 valence electrons. The van der Waals surface area contributed by atoms with Crippen molar-refractivity contribution in [3.63, 3.8) is 0 Å². The van der Waals surface area contributed by atoms with Gasteiger partial charge in [0, 0.05) is 16.8 Å². The van der Waals surface area contributed by atoms with Crippen LogP contribution in [0.2, 0.25) is 0 Å². The molecule has 0 aliphatic rings. The average Bonchev–Trinajstić information content (AvgIpc) is 2.79. The number of hydrogen-bond acceptors (Lipinski definition) is 4. The van der Waals surface area contributed by atoms with E-state index in [9.17, 15) is 18.8 Å². The van der Waals surface area contributed by atoms with Crippen LogP contribution >= 0.6 is 0 Å². The standard InChI is InChI=1S/C23H20FN3O4/c1-15(31-20-10-6-5-9-19(20)24)21(28)26-27-23(30)17-11-13-18(14-12-17)25-22(29)16-7-3-2-4-8-16/h2-15H,1H3,(H,25,29)(H,26,28)(H,27,30)/t15-/m1/s1. The number of carbonyl (C=O) groups excluding carboxylic acids is 3. The Bertz CT molecular complexity index is 1070. The number of rotatable bonds is 6. The van der Waals surface area contributed by atoms with E-state index in [0.717, 1.165) is 0 Å². The number of halogens is 1. The summed E-state index contributed by atoms with van der Waals surface area (Å²) in [7, 11) is 0. The topological polar surface area (TPSA) is 96.5 Å². The molecule has 0 aliphatic heterocycles. The molecule has 0 bridgehead atoms. The summed E-state index contributed by atoms with van der Waals surface area (Å²) in [5.41, 5.74) is 5.79. The van der Waals surface area contributed by atoms with Gasteiger partial charge in [-0.1, -0.05) is 30.3 Å². The van der Waals surface area contributed by atoms with Crippen molar-refractivity contribution < 1.29 is 23.5 Å². The molecule has 0 unspecified atom stereocenters. The number of anilines is 1. The first-order valence-corrected chi connectivity index (χ1v) is 9.42. The summed E-state index contributed by atoms with van der Waals surface area (Å²) in [4.78, 5) is 36.5. The molecule has 31 heavy (non-hydrogen) atoms. The lowest BCUT2D eigenvalue weighted by Gasteiger charge is -2.15. The van der Waals surface area contributed by atoms with Crippen molar-refractivity contribution in [2.24, 2.45) is 0 Å². The highest BCUT2D eigenvalue weighted by molar-refractivity contribution is 6.04. The Morgan fingerprint density at radius 2 is 1.39 bits per heavy atom. The van der Waals surface area contributed by atoms with E-state index in [2.05, 4.69) is 16.2 Å². The van der Waals surface area contributed by atoms with Crippen molar-refractivity contribution in [1.29, 1.82) is 0 Å². The summed E-state index contributed by atoms with van der Waals surface area (Å²) in [6, 6.07) is 20.6. The van der Waals surface area contributed by atoms with Crippen LogP contribution in [-0.4, -0.2) is 23.8 Å². The first-order valence-electron chi connectivity index (χ1n) is 9.42. The summed E-state index contributed by atoms with van der Waals surface area (Å²) in [6.07, 6.45) is -1.03. The van der Waals surface area contributed by atoms with Crippen LogP contribution in [0.3, 0.4) is 0 Å². The van der Waals surface area contributed by atoms with E-state index in [0.29, 0.717) is 11.3 Å². The van der Waals surface area contributed by atoms with Crippen LogP contribution in [0.4, 0.5) is 10.1 Å². The molecule has 0 radical (unpaired) electrons. The van der Waals surface area contributed by atoms with Gasteiger partial charge in [0.15, 0.2) is 17.7 Å². The highest BCUT2D eigenvalue weighted by atomic mass is 19.1. The van der Waals surface area contributed by atoms with Crippen LogP contribution in [0.25, 0.3) is 0 Å². The summed E-state index contributed by atoms with van der Waals surface area (Å²) in [6.45, 7) is 1.43. The van der Waals surface area contributed by atoms with Gasteiger partial charge in [0.1, 0.15) is 0 Å². The Balaban J connectivity index is 1.50. The summed E-state index contributed by atoms with van der Waals surface area (Å²) < 4.78 is 18.9. The largest absolute Gasteiger partial charge is 0.478 e. The number of para-hydroxylation sites is 1. The molecule has 0 heterocycles. The molecule has 3 aromatic rings. The number of nitrogens with one attached hydrogen (secondary N) is 3. The predicted octanol–water partition coefficient (Wildman–Crippen LogP) is 3.31. The van der Waals surface area contributed by atoms with E-state index in [1.54, 1.807) is 42.5 Å². The zero-order chi connectivity index (χ0) is 22.2. The summed E-state index contributed by atoms with van der Waals surface area (Å²) in [5.74, 6) is -2.14. The molecule has 0 aliphatic carbocycles. The van der Waals surface area contributed by atoms with E-state index < -0.39 is 23.7 Å². The van der Waals surface area contributed by atoms with Crippen molar-refractivity contribution in [2.75, 3.05) is 5.32 Å². The zero-order valence-electron chi connectivity index (χ0n) is 16.6. The molecular weight excluding hydrogens is 401 g/mol. The molecule has 3 N–H and O–H groups in total. The second-order valence-corrected chi connectivity index (χ2v) is 6.53. The second kappa shape index (κ2) is 10.0. The van der Waals surface area contributed by atoms with Gasteiger partial charge in [-0.15, -0.1) is 0 Å². The van der Waals surface area contributed by atoms with Crippen LogP contribution in [0.5, 0.6) is 5.75 Å². The van der Waals surface area contributed by atoms with Gasteiger partial charge in [0.25, 0.3) is 17.7 Å². The molecule has 1 atom stereocenters. The van der Waals surface area contributed by atoms with Crippen LogP contribution < -0.4 is 20.9 Å². The second-order valence-electron chi connectivity index (χ2n) is 6.53. The molecule has 7 nitrogen and oxygen atoms in total. The van der Waals surface area contributed by atoms with Crippen molar-refractivity contribution in [1.82, 2.24) is 10.9 Å². The van der Waals surface area contributed by atoms with E-state index in [1.165, 1.54) is 37.3 Å². The lowest BCUT2D eigenvalue weighted by Crippen LogP contribution is -2.47. The lowest BCUT2D eigenvalue weighted by atomic mass is 10.1. The van der Waals surface area contributed by atoms with Gasteiger partial charge in [-0.3, -0.25) is 25.2 Å². The van der Waals surface area contributed by atoms with Crippen molar-refractivity contribution >= 4 is 23.4 Å². The number of benzene rings is 3. The third kappa shape index (κ3) is 5.89. The van der Waals surface area contributed by atoms with Crippen LogP contribution in [0, 0.1) is 5.82 Å². The minimum Gasteiger partial charge on any atom is -0.478 e. The van der Waals surface area contributed by atoms with Crippen molar-refractivity contribution in [3.05, 3.63) is 95.8 Å². The number of hydrazine groups is 1. The zero-order valence-corrected chi connectivity index (χ0v) is 16.6. The lowest BCUT2D eigenvalue weighted by molar-refractivity contribution is -0.128. The fourth-order valence-electron chi connectivity index (χ4n) is 2.57. The van der Waals surface area contributed by atoms with Crippen molar-refractivity contribution in [2.45, 2.75) is 13.0 Å². The molecule has 0 aromatic heterocycles. The van der Waals surface area contributed by atoms with E-state index >= 15 is 0 Å². The van der Waals surface area contributed by atoms with Crippen molar-refractivity contribution in [3.8, 4) is 5.75 Å². The fourth-order valence-corrected chi connectivity index (χ4v) is 2.57. The Labute approximate surface area is 178 Å². The van der Waals surface area contributed by atoms with Gasteiger partial charge >= 0.3 is 0 Å². The SMILES string of the molecule is C[C@@H](Oc1ccccc1F)C(=O)NNC(=O)c1ccc(NC(=O)c2ccccc2)cc1. The molecule has 0 fully saturated rings. The highest BCUT2D eigenvalue weighted by Gasteiger charge is 2.17. The first kappa shape index (κ1) is 21.5. The minimum atomic E-state index is -1.03. The van der Waals surface area contributed by atoms with Gasteiger partial charge in [0.05, 0.1) is 0 Å². The molecule has 3 rings (SSSR count). The fraction of sp³-hybridized carbons (Fsp3) is 0.0870. The third-order valence-corrected chi connectivity index (χ3v) is 4.25. The first-order chi connectivity index (χ1) is 14.9. The van der Waals surface area contributed by atoms with E-state index in [1.807, 2.05) is 6.07 Å². The van der Waals surface area contributed by atoms with Crippen LogP contribution in [0.1, 0.15) is 27.6 Å².